The number of hydrogen-bond donors (Lipinski definition) is 1. The molecule has 0 radical (unpaired) electrons. The van der Waals surface area contributed by atoms with Crippen LogP contribution in [0, 0.1) is 5.92 Å². The Kier molecular flexibility index (Phi) is 5.18. The van der Waals surface area contributed by atoms with Gasteiger partial charge in [-0.2, -0.15) is 0 Å². The number of carbonyl (C=O) groups is 1. The maximum Gasteiger partial charge on any atom is 0.292 e. The van der Waals surface area contributed by atoms with Crippen molar-refractivity contribution in [3.05, 3.63) is 41.4 Å². The number of nitrogens with zero attached hydrogens (tertiary/aromatic N) is 1. The van der Waals surface area contributed by atoms with Crippen LogP contribution in [0.15, 0.2) is 34.9 Å². The fraction of sp³-hybridized carbons (Fsp3) is 0.412. The summed E-state index contributed by atoms with van der Waals surface area (Å²) in [5.74, 6) is 1.28. The Morgan fingerprint density at radius 3 is 2.87 bits per heavy atom. The minimum Gasteiger partial charge on any atom is -0.489 e. The number of carbonyl (C=O) groups excluding carboxylic acids is 1. The summed E-state index contributed by atoms with van der Waals surface area (Å²) >= 11 is 5.69. The molecule has 23 heavy (non-hydrogen) atoms. The molecule has 1 N–H and O–H groups in total. The van der Waals surface area contributed by atoms with Crippen molar-refractivity contribution in [1.82, 2.24) is 4.98 Å². The Morgan fingerprint density at radius 1 is 1.30 bits per heavy atom. The second-order valence-corrected chi connectivity index (χ2v) is 6.10. The summed E-state index contributed by atoms with van der Waals surface area (Å²) in [7, 11) is 0. The monoisotopic (exact) mass is 334 g/mol. The Morgan fingerprint density at radius 2 is 2.13 bits per heavy atom. The van der Waals surface area contributed by atoms with Crippen molar-refractivity contribution in [1.29, 1.82) is 0 Å². The van der Waals surface area contributed by atoms with Crippen molar-refractivity contribution in [3.8, 4) is 5.75 Å². The molecule has 0 saturated heterocycles. The summed E-state index contributed by atoms with van der Waals surface area (Å²) in [6.07, 6.45) is 7.86. The Bertz CT molecular complexity index is 665. The zero-order valence-electron chi connectivity index (χ0n) is 12.8. The summed E-state index contributed by atoms with van der Waals surface area (Å²) in [4.78, 5) is 16.3. The highest BCUT2D eigenvalue weighted by Crippen LogP contribution is 2.27. The number of pyridine rings is 1. The van der Waals surface area contributed by atoms with E-state index in [2.05, 4.69) is 10.3 Å². The molecule has 0 aliphatic heterocycles. The molecule has 1 aliphatic rings. The smallest absolute Gasteiger partial charge is 0.292 e. The molecule has 122 valence electrons. The van der Waals surface area contributed by atoms with Crippen LogP contribution in [0.4, 0.5) is 5.82 Å². The number of aromatic nitrogens is 1. The van der Waals surface area contributed by atoms with Gasteiger partial charge in [-0.05, 0) is 54.6 Å². The molecular formula is C17H19ClN2O3. The van der Waals surface area contributed by atoms with E-state index in [9.17, 15) is 4.79 Å². The molecule has 2 heterocycles. The average molecular weight is 335 g/mol. The average Bonchev–Trinajstić information content (AvgIpc) is 3.02. The van der Waals surface area contributed by atoms with Crippen molar-refractivity contribution in [2.75, 3.05) is 11.9 Å². The normalized spacial score (nSPS) is 15.3. The first-order chi connectivity index (χ1) is 11.2. The number of anilines is 1. The highest BCUT2D eigenvalue weighted by atomic mass is 35.5. The van der Waals surface area contributed by atoms with Gasteiger partial charge in [-0.25, -0.2) is 4.98 Å². The van der Waals surface area contributed by atoms with Gasteiger partial charge in [-0.1, -0.05) is 19.3 Å². The Hall–Kier alpha value is -2.01. The van der Waals surface area contributed by atoms with Gasteiger partial charge in [0.15, 0.2) is 22.5 Å². The largest absolute Gasteiger partial charge is 0.489 e. The topological polar surface area (TPSA) is 64.4 Å². The van der Waals surface area contributed by atoms with E-state index in [0.717, 1.165) is 0 Å². The molecule has 0 unspecified atom stereocenters. The molecule has 1 amide bonds. The number of ether oxygens (including phenoxy) is 1. The molecule has 0 spiro atoms. The van der Waals surface area contributed by atoms with Crippen LogP contribution in [0.1, 0.15) is 42.7 Å². The highest BCUT2D eigenvalue weighted by molar-refractivity contribution is 6.29. The fourth-order valence-electron chi connectivity index (χ4n) is 2.77. The molecule has 2 aromatic rings. The minimum absolute atomic E-state index is 0.138. The van der Waals surface area contributed by atoms with Gasteiger partial charge in [0.1, 0.15) is 0 Å². The zero-order valence-corrected chi connectivity index (χ0v) is 13.5. The predicted molar refractivity (Wildman–Crippen MR) is 88.0 cm³/mol. The number of amides is 1. The lowest BCUT2D eigenvalue weighted by Crippen LogP contribution is -2.17. The second kappa shape index (κ2) is 7.51. The third-order valence-electron chi connectivity index (χ3n) is 4.00. The summed E-state index contributed by atoms with van der Waals surface area (Å²) < 4.78 is 11.0. The fourth-order valence-corrected chi connectivity index (χ4v) is 2.91. The Labute approximate surface area is 140 Å². The van der Waals surface area contributed by atoms with E-state index >= 15 is 0 Å². The van der Waals surface area contributed by atoms with Crippen LogP contribution in [0.25, 0.3) is 0 Å². The molecule has 2 aromatic heterocycles. The van der Waals surface area contributed by atoms with E-state index in [0.29, 0.717) is 24.1 Å². The van der Waals surface area contributed by atoms with Gasteiger partial charge in [0.05, 0.1) is 6.61 Å². The van der Waals surface area contributed by atoms with Gasteiger partial charge in [-0.15, -0.1) is 0 Å². The molecule has 1 saturated carbocycles. The molecule has 0 bridgehead atoms. The maximum atomic E-state index is 12.1. The number of nitrogens with one attached hydrogen (secondary N) is 1. The number of rotatable bonds is 5. The van der Waals surface area contributed by atoms with Gasteiger partial charge in [0.25, 0.3) is 5.91 Å². The van der Waals surface area contributed by atoms with Crippen LogP contribution in [0.5, 0.6) is 5.75 Å². The molecule has 3 rings (SSSR count). The summed E-state index contributed by atoms with van der Waals surface area (Å²) in [6.45, 7) is 0.654. The van der Waals surface area contributed by atoms with Crippen molar-refractivity contribution in [2.24, 2.45) is 5.92 Å². The van der Waals surface area contributed by atoms with E-state index in [1.807, 2.05) is 0 Å². The molecule has 0 aromatic carbocycles. The second-order valence-electron chi connectivity index (χ2n) is 5.72. The van der Waals surface area contributed by atoms with E-state index < -0.39 is 5.91 Å². The van der Waals surface area contributed by atoms with Crippen molar-refractivity contribution in [2.45, 2.75) is 32.1 Å². The predicted octanol–water partition coefficient (Wildman–Crippen LogP) is 4.54. The SMILES string of the molecule is O=C(Nc1ncccc1OCC1CCCCC1)c1ccc(Cl)o1. The lowest BCUT2D eigenvalue weighted by molar-refractivity contribution is 0.0995. The van der Waals surface area contributed by atoms with Crippen molar-refractivity contribution in [3.63, 3.8) is 0 Å². The first kappa shape index (κ1) is 15.9. The summed E-state index contributed by atoms with van der Waals surface area (Å²) in [6, 6.07) is 6.63. The molecule has 0 atom stereocenters. The van der Waals surface area contributed by atoms with Gasteiger partial charge >= 0.3 is 0 Å². The van der Waals surface area contributed by atoms with Gasteiger partial charge in [0.2, 0.25) is 0 Å². The van der Waals surface area contributed by atoms with Gasteiger partial charge in [0, 0.05) is 6.20 Å². The number of halogens is 1. The van der Waals surface area contributed by atoms with E-state index in [-0.39, 0.29) is 11.0 Å². The maximum absolute atomic E-state index is 12.1. The molecular weight excluding hydrogens is 316 g/mol. The van der Waals surface area contributed by atoms with Crippen molar-refractivity contribution < 1.29 is 13.9 Å². The first-order valence-electron chi connectivity index (χ1n) is 7.87. The van der Waals surface area contributed by atoms with Gasteiger partial charge in [-0.3, -0.25) is 4.79 Å². The van der Waals surface area contributed by atoms with Crippen LogP contribution < -0.4 is 10.1 Å². The minimum atomic E-state index is -0.405. The summed E-state index contributed by atoms with van der Waals surface area (Å²) in [5, 5.41) is 2.87. The quantitative estimate of drug-likeness (QED) is 0.871. The van der Waals surface area contributed by atoms with E-state index in [1.165, 1.54) is 44.2 Å². The first-order valence-corrected chi connectivity index (χ1v) is 8.24. The van der Waals surface area contributed by atoms with Crippen LogP contribution >= 0.6 is 11.6 Å². The molecule has 6 heteroatoms. The standard InChI is InChI=1S/C17H19ClN2O3/c18-15-9-8-14(23-15)17(21)20-16-13(7-4-10-19-16)22-11-12-5-2-1-3-6-12/h4,7-10,12H,1-3,5-6,11H2,(H,19,20,21). The van der Waals surface area contributed by atoms with Crippen LogP contribution in [0.3, 0.4) is 0 Å². The summed E-state index contributed by atoms with van der Waals surface area (Å²) in [5.41, 5.74) is 0. The van der Waals surface area contributed by atoms with Crippen LogP contribution in [-0.4, -0.2) is 17.5 Å². The van der Waals surface area contributed by atoms with Crippen molar-refractivity contribution >= 4 is 23.3 Å². The lowest BCUT2D eigenvalue weighted by atomic mass is 9.90. The number of furan rings is 1. The molecule has 1 fully saturated rings. The third-order valence-corrected chi connectivity index (χ3v) is 4.20. The lowest BCUT2D eigenvalue weighted by Gasteiger charge is -2.22. The third kappa shape index (κ3) is 4.26. The van der Waals surface area contributed by atoms with Crippen LogP contribution in [0.2, 0.25) is 5.22 Å². The van der Waals surface area contributed by atoms with Crippen LogP contribution in [-0.2, 0) is 0 Å². The molecule has 1 aliphatic carbocycles. The Balaban J connectivity index is 1.64. The number of hydrogen-bond acceptors (Lipinski definition) is 4. The highest BCUT2D eigenvalue weighted by Gasteiger charge is 2.17. The molecule has 5 nitrogen and oxygen atoms in total. The van der Waals surface area contributed by atoms with E-state index in [1.54, 1.807) is 18.3 Å². The van der Waals surface area contributed by atoms with Gasteiger partial charge < -0.3 is 14.5 Å². The van der Waals surface area contributed by atoms with E-state index in [4.69, 9.17) is 20.8 Å². The zero-order chi connectivity index (χ0) is 16.1.